The molecule has 0 aliphatic heterocycles. The lowest BCUT2D eigenvalue weighted by Crippen LogP contribution is -2.12. The Bertz CT molecular complexity index is 1060. The largest absolute Gasteiger partial charge is 0.505 e. The SMILES string of the molecule is N#CC(c1ccccc1)c1ccc(NC(=O)c2cc(Cl)c(Cl)c(Cl)c2O)cc1. The van der Waals surface area contributed by atoms with Gasteiger partial charge in [0.1, 0.15) is 10.8 Å². The third-order valence-corrected chi connectivity index (χ3v) is 5.40. The Morgan fingerprint density at radius 1 is 0.964 bits per heavy atom. The van der Waals surface area contributed by atoms with E-state index in [1.54, 1.807) is 24.3 Å². The van der Waals surface area contributed by atoms with Crippen LogP contribution in [0.15, 0.2) is 60.7 Å². The molecule has 3 aromatic rings. The molecular formula is C21H13Cl3N2O2. The van der Waals surface area contributed by atoms with Crippen molar-refractivity contribution >= 4 is 46.4 Å². The fourth-order valence-corrected chi connectivity index (χ4v) is 3.30. The lowest BCUT2D eigenvalue weighted by atomic mass is 9.92. The molecule has 0 heterocycles. The van der Waals surface area contributed by atoms with Gasteiger partial charge in [0.25, 0.3) is 5.91 Å². The van der Waals surface area contributed by atoms with Gasteiger partial charge < -0.3 is 10.4 Å². The summed E-state index contributed by atoms with van der Waals surface area (Å²) in [6.07, 6.45) is 0. The predicted octanol–water partition coefficient (Wildman–Crippen LogP) is 6.26. The molecule has 0 saturated heterocycles. The number of hydrogen-bond donors (Lipinski definition) is 2. The van der Waals surface area contributed by atoms with Crippen molar-refractivity contribution < 1.29 is 9.90 Å². The summed E-state index contributed by atoms with van der Waals surface area (Å²) >= 11 is 17.7. The van der Waals surface area contributed by atoms with E-state index in [0.29, 0.717) is 5.69 Å². The summed E-state index contributed by atoms with van der Waals surface area (Å²) in [4.78, 5) is 12.5. The number of carbonyl (C=O) groups is 1. The molecule has 0 fully saturated rings. The minimum Gasteiger partial charge on any atom is -0.505 e. The second kappa shape index (κ2) is 8.53. The van der Waals surface area contributed by atoms with Gasteiger partial charge in [0, 0.05) is 5.69 Å². The summed E-state index contributed by atoms with van der Waals surface area (Å²) in [5, 5.41) is 22.1. The van der Waals surface area contributed by atoms with Crippen LogP contribution in [0.5, 0.6) is 5.75 Å². The van der Waals surface area contributed by atoms with Crippen LogP contribution in [0.4, 0.5) is 5.69 Å². The molecule has 1 amide bonds. The van der Waals surface area contributed by atoms with Gasteiger partial charge in [-0.1, -0.05) is 77.3 Å². The standard InChI is InChI=1S/C21H13Cl3N2O2/c22-17-10-15(20(27)19(24)18(17)23)21(28)26-14-8-6-13(7-9-14)16(11-25)12-4-2-1-3-5-12/h1-10,16,27H,(H,26,28). The van der Waals surface area contributed by atoms with E-state index in [2.05, 4.69) is 11.4 Å². The molecule has 4 nitrogen and oxygen atoms in total. The van der Waals surface area contributed by atoms with Crippen molar-refractivity contribution in [1.82, 2.24) is 0 Å². The number of hydrogen-bond acceptors (Lipinski definition) is 3. The van der Waals surface area contributed by atoms with Crippen LogP contribution < -0.4 is 5.32 Å². The molecule has 2 N–H and O–H groups in total. The number of benzene rings is 3. The first-order chi connectivity index (χ1) is 13.4. The smallest absolute Gasteiger partial charge is 0.259 e. The van der Waals surface area contributed by atoms with E-state index < -0.39 is 17.6 Å². The van der Waals surface area contributed by atoms with E-state index in [1.807, 2.05) is 30.3 Å². The average Bonchev–Trinajstić information content (AvgIpc) is 2.71. The summed E-state index contributed by atoms with van der Waals surface area (Å²) in [5.74, 6) is -1.45. The first-order valence-corrected chi connectivity index (χ1v) is 9.28. The van der Waals surface area contributed by atoms with Gasteiger partial charge >= 0.3 is 0 Å². The van der Waals surface area contributed by atoms with Crippen molar-refractivity contribution in [2.24, 2.45) is 0 Å². The number of rotatable bonds is 4. The van der Waals surface area contributed by atoms with Crippen molar-refractivity contribution in [3.05, 3.63) is 92.4 Å². The highest BCUT2D eigenvalue weighted by Gasteiger charge is 2.19. The summed E-state index contributed by atoms with van der Waals surface area (Å²) in [6.45, 7) is 0. The molecule has 1 atom stereocenters. The average molecular weight is 432 g/mol. The number of nitrogens with one attached hydrogen (secondary N) is 1. The molecule has 3 rings (SSSR count). The Balaban J connectivity index is 1.82. The molecule has 0 saturated carbocycles. The maximum Gasteiger partial charge on any atom is 0.259 e. The molecule has 28 heavy (non-hydrogen) atoms. The lowest BCUT2D eigenvalue weighted by molar-refractivity contribution is 0.102. The highest BCUT2D eigenvalue weighted by atomic mass is 35.5. The Labute approximate surface area is 176 Å². The molecule has 0 bridgehead atoms. The minimum atomic E-state index is -0.592. The van der Waals surface area contributed by atoms with Gasteiger partial charge in [0.05, 0.1) is 27.6 Å². The van der Waals surface area contributed by atoms with Crippen molar-refractivity contribution in [1.29, 1.82) is 5.26 Å². The highest BCUT2D eigenvalue weighted by molar-refractivity contribution is 6.49. The van der Waals surface area contributed by atoms with Gasteiger partial charge in [0.15, 0.2) is 0 Å². The normalized spacial score (nSPS) is 11.5. The maximum atomic E-state index is 12.5. The van der Waals surface area contributed by atoms with Crippen molar-refractivity contribution in [2.75, 3.05) is 5.32 Å². The van der Waals surface area contributed by atoms with Gasteiger partial charge in [-0.25, -0.2) is 0 Å². The molecule has 0 aromatic heterocycles. The summed E-state index contributed by atoms with van der Waals surface area (Å²) in [6, 6.07) is 19.8. The van der Waals surface area contributed by atoms with Crippen LogP contribution in [-0.2, 0) is 0 Å². The first-order valence-electron chi connectivity index (χ1n) is 8.14. The Kier molecular flexibility index (Phi) is 6.11. The van der Waals surface area contributed by atoms with Crippen LogP contribution in [0, 0.1) is 11.3 Å². The number of aromatic hydroxyl groups is 1. The van der Waals surface area contributed by atoms with E-state index >= 15 is 0 Å². The molecule has 0 aliphatic rings. The Hall–Kier alpha value is -2.71. The number of anilines is 1. The molecule has 0 aliphatic carbocycles. The number of carbonyl (C=O) groups excluding carboxylic acids is 1. The quantitative estimate of drug-likeness (QED) is 0.479. The van der Waals surface area contributed by atoms with Gasteiger partial charge in [-0.05, 0) is 29.3 Å². The fraction of sp³-hybridized carbons (Fsp3) is 0.0476. The van der Waals surface area contributed by atoms with Crippen LogP contribution >= 0.6 is 34.8 Å². The van der Waals surface area contributed by atoms with Gasteiger partial charge in [-0.15, -0.1) is 0 Å². The molecule has 3 aromatic carbocycles. The fourth-order valence-electron chi connectivity index (χ4n) is 2.70. The predicted molar refractivity (Wildman–Crippen MR) is 111 cm³/mol. The number of nitrogens with zero attached hydrogens (tertiary/aromatic N) is 1. The molecular weight excluding hydrogens is 419 g/mol. The lowest BCUT2D eigenvalue weighted by Gasteiger charge is -2.12. The second-order valence-corrected chi connectivity index (χ2v) is 7.09. The summed E-state index contributed by atoms with van der Waals surface area (Å²) in [5.41, 5.74) is 2.08. The summed E-state index contributed by atoms with van der Waals surface area (Å²) in [7, 11) is 0. The van der Waals surface area contributed by atoms with Crippen LogP contribution in [0.1, 0.15) is 27.4 Å². The van der Waals surface area contributed by atoms with Crippen LogP contribution in [0.2, 0.25) is 15.1 Å². The number of nitriles is 1. The molecule has 0 radical (unpaired) electrons. The van der Waals surface area contributed by atoms with E-state index in [1.165, 1.54) is 6.07 Å². The van der Waals surface area contributed by atoms with Gasteiger partial charge in [-0.3, -0.25) is 4.79 Å². The zero-order chi connectivity index (χ0) is 20.3. The monoisotopic (exact) mass is 430 g/mol. The molecule has 140 valence electrons. The zero-order valence-electron chi connectivity index (χ0n) is 14.3. The zero-order valence-corrected chi connectivity index (χ0v) is 16.6. The minimum absolute atomic E-state index is 0.0230. The molecule has 0 spiro atoms. The number of halogens is 3. The highest BCUT2D eigenvalue weighted by Crippen LogP contribution is 2.39. The number of amides is 1. The van der Waals surface area contributed by atoms with Crippen LogP contribution in [-0.4, -0.2) is 11.0 Å². The van der Waals surface area contributed by atoms with E-state index in [4.69, 9.17) is 34.8 Å². The van der Waals surface area contributed by atoms with Crippen molar-refractivity contribution in [3.8, 4) is 11.8 Å². The second-order valence-electron chi connectivity index (χ2n) is 5.93. The van der Waals surface area contributed by atoms with Gasteiger partial charge in [0.2, 0.25) is 0 Å². The van der Waals surface area contributed by atoms with E-state index in [0.717, 1.165) is 11.1 Å². The third-order valence-electron chi connectivity index (χ3n) is 4.14. The first kappa shape index (κ1) is 20.0. The topological polar surface area (TPSA) is 73.1 Å². The molecule has 1 unspecified atom stereocenters. The van der Waals surface area contributed by atoms with E-state index in [-0.39, 0.29) is 20.6 Å². The van der Waals surface area contributed by atoms with Crippen molar-refractivity contribution in [3.63, 3.8) is 0 Å². The third kappa shape index (κ3) is 4.07. The number of phenolic OH excluding ortho intramolecular Hbond substituents is 1. The maximum absolute atomic E-state index is 12.5. The van der Waals surface area contributed by atoms with Crippen LogP contribution in [0.25, 0.3) is 0 Å². The molecule has 7 heteroatoms. The van der Waals surface area contributed by atoms with Gasteiger partial charge in [-0.2, -0.15) is 5.26 Å². The van der Waals surface area contributed by atoms with E-state index in [9.17, 15) is 15.2 Å². The Morgan fingerprint density at radius 2 is 1.57 bits per heavy atom. The Morgan fingerprint density at radius 3 is 2.18 bits per heavy atom. The van der Waals surface area contributed by atoms with Crippen molar-refractivity contribution in [2.45, 2.75) is 5.92 Å². The summed E-state index contributed by atoms with van der Waals surface area (Å²) < 4.78 is 0. The number of phenols is 1. The van der Waals surface area contributed by atoms with Crippen LogP contribution in [0.3, 0.4) is 0 Å².